The zero-order chi connectivity index (χ0) is 23.9. The molecule has 0 saturated carbocycles. The fraction of sp³-hybridized carbons (Fsp3) is 0.462. The Kier molecular flexibility index (Phi) is 8.48. The number of fused-ring (bicyclic) bond motifs is 1. The summed E-state index contributed by atoms with van der Waals surface area (Å²) >= 11 is 1.75. The molecule has 0 aliphatic carbocycles. The van der Waals surface area contributed by atoms with Crippen molar-refractivity contribution >= 4 is 28.6 Å². The number of aromatic nitrogens is 1. The highest BCUT2D eigenvalue weighted by molar-refractivity contribution is 7.99. The molecule has 0 radical (unpaired) electrons. The maximum atomic E-state index is 11.6. The van der Waals surface area contributed by atoms with E-state index in [9.17, 15) is 15.0 Å². The summed E-state index contributed by atoms with van der Waals surface area (Å²) in [6.07, 6.45) is 7.02. The predicted octanol–water partition coefficient (Wildman–Crippen LogP) is 4.86. The van der Waals surface area contributed by atoms with E-state index >= 15 is 0 Å². The number of aliphatic hydroxyl groups is 1. The fourth-order valence-corrected chi connectivity index (χ4v) is 5.77. The molecule has 7 nitrogen and oxygen atoms in total. The van der Waals surface area contributed by atoms with Crippen molar-refractivity contribution in [2.24, 2.45) is 11.8 Å². The number of hydrogen-bond donors (Lipinski definition) is 2. The third-order valence-electron chi connectivity index (χ3n) is 6.74. The molecule has 3 atom stereocenters. The van der Waals surface area contributed by atoms with Crippen molar-refractivity contribution < 1.29 is 24.2 Å². The van der Waals surface area contributed by atoms with Crippen LogP contribution in [0.15, 0.2) is 58.4 Å². The second-order valence-electron chi connectivity index (χ2n) is 8.89. The van der Waals surface area contributed by atoms with E-state index in [1.165, 1.54) is 0 Å². The lowest BCUT2D eigenvalue weighted by molar-refractivity contribution is -0.139. The summed E-state index contributed by atoms with van der Waals surface area (Å²) in [6, 6.07) is 9.49. The number of rotatable bonds is 11. The summed E-state index contributed by atoms with van der Waals surface area (Å²) in [6.45, 7) is 2.67. The number of benzene rings is 1. The highest BCUT2D eigenvalue weighted by atomic mass is 32.2. The van der Waals surface area contributed by atoms with Gasteiger partial charge in [-0.2, -0.15) is 0 Å². The van der Waals surface area contributed by atoms with Gasteiger partial charge in [-0.3, -0.25) is 9.78 Å². The molecule has 3 heterocycles. The van der Waals surface area contributed by atoms with E-state index in [1.54, 1.807) is 37.6 Å². The Hall–Kier alpha value is -2.55. The van der Waals surface area contributed by atoms with Gasteiger partial charge in [0.15, 0.2) is 0 Å². The van der Waals surface area contributed by atoms with Crippen LogP contribution in [0.4, 0.5) is 0 Å². The van der Waals surface area contributed by atoms with Crippen LogP contribution >= 0.6 is 11.8 Å². The SMILES string of the molecule is COc1ccc2nccc(C(O)CC[C@@H]3CCN(CCSc4ccoc4)C[C@@H]3CC(=O)O)c2c1. The Morgan fingerprint density at radius 3 is 2.97 bits per heavy atom. The molecular weight excluding hydrogens is 452 g/mol. The highest BCUT2D eigenvalue weighted by Crippen LogP contribution is 2.35. The number of carbonyl (C=O) groups is 1. The fourth-order valence-electron chi connectivity index (χ4n) is 4.91. The molecule has 8 heteroatoms. The molecule has 1 aromatic carbocycles. The number of hydrogen-bond acceptors (Lipinski definition) is 7. The minimum absolute atomic E-state index is 0.0895. The van der Waals surface area contributed by atoms with Gasteiger partial charge in [0.05, 0.1) is 25.0 Å². The van der Waals surface area contributed by atoms with E-state index in [2.05, 4.69) is 9.88 Å². The van der Waals surface area contributed by atoms with Crippen LogP contribution in [0.25, 0.3) is 10.9 Å². The Labute approximate surface area is 204 Å². The van der Waals surface area contributed by atoms with Gasteiger partial charge < -0.3 is 24.3 Å². The van der Waals surface area contributed by atoms with Crippen LogP contribution in [-0.2, 0) is 4.79 Å². The molecule has 4 rings (SSSR count). The van der Waals surface area contributed by atoms with Crippen LogP contribution < -0.4 is 4.74 Å². The molecule has 182 valence electrons. The number of piperidine rings is 1. The molecule has 1 unspecified atom stereocenters. The quantitative estimate of drug-likeness (QED) is 0.373. The van der Waals surface area contributed by atoms with Gasteiger partial charge in [0.1, 0.15) is 12.0 Å². The zero-order valence-electron chi connectivity index (χ0n) is 19.4. The molecule has 0 amide bonds. The van der Waals surface area contributed by atoms with Crippen molar-refractivity contribution in [2.45, 2.75) is 36.7 Å². The average Bonchev–Trinajstić information content (AvgIpc) is 3.36. The number of methoxy groups -OCH3 is 1. The van der Waals surface area contributed by atoms with Crippen molar-refractivity contribution in [3.8, 4) is 5.75 Å². The minimum atomic E-state index is -0.752. The molecule has 1 saturated heterocycles. The number of thioether (sulfide) groups is 1. The molecule has 1 aliphatic rings. The third-order valence-corrected chi connectivity index (χ3v) is 7.69. The van der Waals surface area contributed by atoms with E-state index in [-0.39, 0.29) is 18.3 Å². The van der Waals surface area contributed by atoms with Crippen molar-refractivity contribution in [1.82, 2.24) is 9.88 Å². The minimum Gasteiger partial charge on any atom is -0.497 e. The number of carboxylic acids is 1. The van der Waals surface area contributed by atoms with Gasteiger partial charge in [0.2, 0.25) is 0 Å². The monoisotopic (exact) mass is 484 g/mol. The van der Waals surface area contributed by atoms with E-state index in [0.29, 0.717) is 6.42 Å². The largest absolute Gasteiger partial charge is 0.497 e. The summed E-state index contributed by atoms with van der Waals surface area (Å²) in [4.78, 5) is 19.4. The van der Waals surface area contributed by atoms with Gasteiger partial charge in [0, 0.05) is 41.7 Å². The lowest BCUT2D eigenvalue weighted by atomic mass is 9.79. The molecule has 0 spiro atoms. The average molecular weight is 485 g/mol. The number of nitrogens with zero attached hydrogens (tertiary/aromatic N) is 2. The molecule has 2 aromatic heterocycles. The number of furan rings is 1. The molecule has 34 heavy (non-hydrogen) atoms. The lowest BCUT2D eigenvalue weighted by Crippen LogP contribution is -2.42. The summed E-state index contributed by atoms with van der Waals surface area (Å²) in [5.41, 5.74) is 1.66. The van der Waals surface area contributed by atoms with Crippen molar-refractivity contribution in [2.75, 3.05) is 32.5 Å². The normalized spacial score (nSPS) is 19.8. The molecule has 1 aliphatic heterocycles. The summed E-state index contributed by atoms with van der Waals surface area (Å²) in [5, 5.41) is 21.4. The number of pyridine rings is 1. The zero-order valence-corrected chi connectivity index (χ0v) is 20.2. The molecule has 3 aromatic rings. The van der Waals surface area contributed by atoms with Gasteiger partial charge >= 0.3 is 5.97 Å². The smallest absolute Gasteiger partial charge is 0.303 e. The van der Waals surface area contributed by atoms with Crippen LogP contribution in [0, 0.1) is 11.8 Å². The van der Waals surface area contributed by atoms with Crippen LogP contribution in [0.2, 0.25) is 0 Å². The molecule has 1 fully saturated rings. The van der Waals surface area contributed by atoms with E-state index in [4.69, 9.17) is 9.15 Å². The van der Waals surface area contributed by atoms with E-state index in [1.807, 2.05) is 30.3 Å². The Bertz CT molecular complexity index is 1070. The van der Waals surface area contributed by atoms with Crippen LogP contribution in [0.5, 0.6) is 5.75 Å². The first-order valence-corrected chi connectivity index (χ1v) is 12.7. The number of likely N-dealkylation sites (tertiary alicyclic amines) is 1. The second-order valence-corrected chi connectivity index (χ2v) is 10.1. The maximum Gasteiger partial charge on any atom is 0.303 e. The number of carboxylic acid groups (broad SMARTS) is 1. The number of aliphatic carboxylic acids is 1. The van der Waals surface area contributed by atoms with Gasteiger partial charge in [-0.1, -0.05) is 0 Å². The topological polar surface area (TPSA) is 96.0 Å². The van der Waals surface area contributed by atoms with Crippen LogP contribution in [0.1, 0.15) is 37.4 Å². The Balaban J connectivity index is 1.35. The lowest BCUT2D eigenvalue weighted by Gasteiger charge is -2.38. The third kappa shape index (κ3) is 6.31. The Morgan fingerprint density at radius 1 is 1.32 bits per heavy atom. The first-order valence-electron chi connectivity index (χ1n) is 11.7. The number of aliphatic hydroxyl groups excluding tert-OH is 1. The van der Waals surface area contributed by atoms with Crippen molar-refractivity contribution in [1.29, 1.82) is 0 Å². The first-order chi connectivity index (χ1) is 16.5. The summed E-state index contributed by atoms with van der Waals surface area (Å²) in [7, 11) is 1.62. The highest BCUT2D eigenvalue weighted by Gasteiger charge is 2.31. The standard InChI is InChI=1S/C26H32N2O5S/c1-32-20-3-4-24-23(15-20)22(6-9-27-24)25(29)5-2-18-7-10-28(16-19(18)14-26(30)31)11-13-34-21-8-12-33-17-21/h3-4,6,8-9,12,15,17-19,25,29H,2,5,7,10-11,13-14,16H2,1H3,(H,30,31)/t18-,19+,25?/m1/s1. The maximum absolute atomic E-state index is 11.6. The van der Waals surface area contributed by atoms with Crippen LogP contribution in [-0.4, -0.2) is 58.6 Å². The van der Waals surface area contributed by atoms with Gasteiger partial charge in [-0.25, -0.2) is 0 Å². The molecule has 2 N–H and O–H groups in total. The molecule has 0 bridgehead atoms. The molecular formula is C26H32N2O5S. The van der Waals surface area contributed by atoms with Crippen LogP contribution in [0.3, 0.4) is 0 Å². The summed E-state index contributed by atoms with van der Waals surface area (Å²) in [5.74, 6) is 1.30. The predicted molar refractivity (Wildman–Crippen MR) is 132 cm³/mol. The van der Waals surface area contributed by atoms with Gasteiger partial charge in [-0.05, 0) is 73.5 Å². The van der Waals surface area contributed by atoms with E-state index < -0.39 is 12.1 Å². The van der Waals surface area contributed by atoms with E-state index in [0.717, 1.165) is 65.3 Å². The van der Waals surface area contributed by atoms with Crippen molar-refractivity contribution in [3.63, 3.8) is 0 Å². The van der Waals surface area contributed by atoms with Gasteiger partial charge in [0.25, 0.3) is 0 Å². The second kappa shape index (κ2) is 11.7. The summed E-state index contributed by atoms with van der Waals surface area (Å²) < 4.78 is 10.5. The Morgan fingerprint density at radius 2 is 2.21 bits per heavy atom. The van der Waals surface area contributed by atoms with Gasteiger partial charge in [-0.15, -0.1) is 11.8 Å². The number of ether oxygens (including phenoxy) is 1. The first kappa shape index (κ1) is 24.6. The van der Waals surface area contributed by atoms with Crippen molar-refractivity contribution in [3.05, 3.63) is 54.6 Å².